The summed E-state index contributed by atoms with van der Waals surface area (Å²) < 4.78 is 0. The maximum absolute atomic E-state index is 6.13. The highest BCUT2D eigenvalue weighted by molar-refractivity contribution is 6.36. The zero-order valence-corrected chi connectivity index (χ0v) is 8.42. The number of hydrogen-bond acceptors (Lipinski definition) is 2. The summed E-state index contributed by atoms with van der Waals surface area (Å²) in [6, 6.07) is 1.78. The molecule has 0 aliphatic rings. The first-order chi connectivity index (χ1) is 7.36. The quantitative estimate of drug-likeness (QED) is 0.660. The van der Waals surface area contributed by atoms with E-state index in [0.717, 1.165) is 22.2 Å². The topological polar surface area (TPSA) is 57.4 Å². The van der Waals surface area contributed by atoms with E-state index in [-0.39, 0.29) is 0 Å². The first-order valence-corrected chi connectivity index (χ1v) is 4.85. The third-order valence-electron chi connectivity index (χ3n) is 2.33. The lowest BCUT2D eigenvalue weighted by Crippen LogP contribution is -1.76. The molecule has 74 valence electrons. The summed E-state index contributed by atoms with van der Waals surface area (Å²) in [6.07, 6.45) is 7.15. The molecule has 0 spiro atoms. The predicted molar refractivity (Wildman–Crippen MR) is 58.7 cm³/mol. The monoisotopic (exact) mass is 218 g/mol. The van der Waals surface area contributed by atoms with Crippen LogP contribution in [0.15, 0.2) is 30.9 Å². The van der Waals surface area contributed by atoms with Crippen LogP contribution in [-0.2, 0) is 0 Å². The molecule has 0 saturated heterocycles. The molecule has 0 bridgehead atoms. The third kappa shape index (κ3) is 1.22. The molecule has 0 saturated carbocycles. The smallest absolute Gasteiger partial charge is 0.139 e. The number of nitrogens with one attached hydrogen (secondary N) is 2. The van der Waals surface area contributed by atoms with Crippen LogP contribution >= 0.6 is 11.6 Å². The molecule has 3 aromatic heterocycles. The molecule has 0 unspecified atom stereocenters. The summed E-state index contributed by atoms with van der Waals surface area (Å²) >= 11 is 6.13. The van der Waals surface area contributed by atoms with Gasteiger partial charge in [-0.2, -0.15) is 5.10 Å². The van der Waals surface area contributed by atoms with Crippen molar-refractivity contribution in [3.63, 3.8) is 0 Å². The Morgan fingerprint density at radius 1 is 1.27 bits per heavy atom. The van der Waals surface area contributed by atoms with Crippen molar-refractivity contribution in [3.8, 4) is 11.1 Å². The zero-order valence-electron chi connectivity index (χ0n) is 7.66. The molecule has 0 atom stereocenters. The van der Waals surface area contributed by atoms with Gasteiger partial charge in [0.05, 0.1) is 11.2 Å². The molecule has 0 aromatic carbocycles. The van der Waals surface area contributed by atoms with E-state index in [2.05, 4.69) is 20.2 Å². The second kappa shape index (κ2) is 3.10. The van der Waals surface area contributed by atoms with E-state index in [1.165, 1.54) is 0 Å². The highest BCUT2D eigenvalue weighted by Crippen LogP contribution is 2.31. The largest absolute Gasteiger partial charge is 0.345 e. The van der Waals surface area contributed by atoms with Gasteiger partial charge in [-0.3, -0.25) is 5.10 Å². The Balaban J connectivity index is 2.37. The number of hydrogen-bond donors (Lipinski definition) is 2. The first kappa shape index (κ1) is 8.49. The summed E-state index contributed by atoms with van der Waals surface area (Å²) in [4.78, 5) is 7.28. The lowest BCUT2D eigenvalue weighted by atomic mass is 10.1. The molecule has 3 aromatic rings. The van der Waals surface area contributed by atoms with Crippen LogP contribution in [0.2, 0.25) is 5.02 Å². The molecule has 0 amide bonds. The summed E-state index contributed by atoms with van der Waals surface area (Å²) in [7, 11) is 0. The molecular weight excluding hydrogens is 212 g/mol. The van der Waals surface area contributed by atoms with Crippen molar-refractivity contribution in [2.45, 2.75) is 0 Å². The van der Waals surface area contributed by atoms with Crippen LogP contribution in [0.1, 0.15) is 0 Å². The molecule has 0 radical (unpaired) electrons. The lowest BCUT2D eigenvalue weighted by molar-refractivity contribution is 1.09. The van der Waals surface area contributed by atoms with Gasteiger partial charge in [0.2, 0.25) is 0 Å². The van der Waals surface area contributed by atoms with Gasteiger partial charge in [0.25, 0.3) is 0 Å². The number of aromatic nitrogens is 4. The SMILES string of the molecule is Clc1ccnc2[nH]cc(-c3cn[nH]c3)c12. The van der Waals surface area contributed by atoms with Crippen LogP contribution < -0.4 is 0 Å². The maximum Gasteiger partial charge on any atom is 0.139 e. The zero-order chi connectivity index (χ0) is 10.3. The second-order valence-corrected chi connectivity index (χ2v) is 3.61. The number of fused-ring (bicyclic) bond motifs is 1. The Bertz CT molecular complexity index is 597. The normalized spacial score (nSPS) is 11.0. The van der Waals surface area contributed by atoms with Gasteiger partial charge in [-0.05, 0) is 6.07 Å². The summed E-state index contributed by atoms with van der Waals surface area (Å²) in [5.41, 5.74) is 2.80. The van der Waals surface area contributed by atoms with Crippen molar-refractivity contribution in [1.82, 2.24) is 20.2 Å². The fourth-order valence-electron chi connectivity index (χ4n) is 1.64. The third-order valence-corrected chi connectivity index (χ3v) is 2.65. The summed E-state index contributed by atoms with van der Waals surface area (Å²) in [5.74, 6) is 0. The highest BCUT2D eigenvalue weighted by Gasteiger charge is 2.10. The van der Waals surface area contributed by atoms with E-state index in [1.807, 2.05) is 12.4 Å². The second-order valence-electron chi connectivity index (χ2n) is 3.21. The van der Waals surface area contributed by atoms with Gasteiger partial charge < -0.3 is 4.98 Å². The van der Waals surface area contributed by atoms with Crippen molar-refractivity contribution >= 4 is 22.6 Å². The summed E-state index contributed by atoms with van der Waals surface area (Å²) in [6.45, 7) is 0. The molecule has 0 fully saturated rings. The molecule has 15 heavy (non-hydrogen) atoms. The van der Waals surface area contributed by atoms with Crippen LogP contribution in [0.3, 0.4) is 0 Å². The Hall–Kier alpha value is -1.81. The number of H-pyrrole nitrogens is 2. The number of rotatable bonds is 1. The minimum atomic E-state index is 0.692. The van der Waals surface area contributed by atoms with Crippen molar-refractivity contribution in [2.24, 2.45) is 0 Å². The van der Waals surface area contributed by atoms with Gasteiger partial charge in [0.15, 0.2) is 0 Å². The highest BCUT2D eigenvalue weighted by atomic mass is 35.5. The molecule has 0 aliphatic carbocycles. The maximum atomic E-state index is 6.13. The van der Waals surface area contributed by atoms with Gasteiger partial charge in [-0.25, -0.2) is 4.98 Å². The van der Waals surface area contributed by atoms with Gasteiger partial charge in [-0.15, -0.1) is 0 Å². The van der Waals surface area contributed by atoms with Crippen LogP contribution in [-0.4, -0.2) is 20.2 Å². The van der Waals surface area contributed by atoms with Crippen LogP contribution in [0.25, 0.3) is 22.2 Å². The Morgan fingerprint density at radius 3 is 3.00 bits per heavy atom. The van der Waals surface area contributed by atoms with Crippen molar-refractivity contribution < 1.29 is 0 Å². The van der Waals surface area contributed by atoms with E-state index < -0.39 is 0 Å². The standard InChI is InChI=1S/C10H7ClN4/c11-8-1-2-12-10-9(8)7(5-13-10)6-3-14-15-4-6/h1-5H,(H,12,13)(H,14,15). The Labute approximate surface area is 90.3 Å². The fourth-order valence-corrected chi connectivity index (χ4v) is 1.89. The minimum absolute atomic E-state index is 0.692. The van der Waals surface area contributed by atoms with Crippen LogP contribution in [0.5, 0.6) is 0 Å². The fraction of sp³-hybridized carbons (Fsp3) is 0. The minimum Gasteiger partial charge on any atom is -0.345 e. The Kier molecular flexibility index (Phi) is 1.76. The van der Waals surface area contributed by atoms with E-state index in [4.69, 9.17) is 11.6 Å². The lowest BCUT2D eigenvalue weighted by Gasteiger charge is -1.96. The molecular formula is C10H7ClN4. The van der Waals surface area contributed by atoms with Gasteiger partial charge in [0, 0.05) is 35.1 Å². The number of halogens is 1. The van der Waals surface area contributed by atoms with E-state index in [0.29, 0.717) is 5.02 Å². The number of aromatic amines is 2. The van der Waals surface area contributed by atoms with E-state index in [1.54, 1.807) is 18.5 Å². The average Bonchev–Trinajstić information content (AvgIpc) is 2.85. The molecule has 5 heteroatoms. The van der Waals surface area contributed by atoms with Gasteiger partial charge >= 0.3 is 0 Å². The molecule has 0 aliphatic heterocycles. The first-order valence-electron chi connectivity index (χ1n) is 4.47. The van der Waals surface area contributed by atoms with E-state index in [9.17, 15) is 0 Å². The van der Waals surface area contributed by atoms with Crippen molar-refractivity contribution in [1.29, 1.82) is 0 Å². The van der Waals surface area contributed by atoms with Crippen molar-refractivity contribution in [3.05, 3.63) is 35.9 Å². The predicted octanol–water partition coefficient (Wildman–Crippen LogP) is 2.61. The average molecular weight is 219 g/mol. The molecule has 2 N–H and O–H groups in total. The molecule has 3 heterocycles. The van der Waals surface area contributed by atoms with Crippen LogP contribution in [0.4, 0.5) is 0 Å². The molecule has 4 nitrogen and oxygen atoms in total. The van der Waals surface area contributed by atoms with Crippen LogP contribution in [0, 0.1) is 0 Å². The summed E-state index contributed by atoms with van der Waals surface area (Å²) in [5, 5.41) is 8.31. The van der Waals surface area contributed by atoms with Crippen molar-refractivity contribution in [2.75, 3.05) is 0 Å². The number of pyridine rings is 1. The molecule has 3 rings (SSSR count). The number of nitrogens with zero attached hydrogens (tertiary/aromatic N) is 2. The van der Waals surface area contributed by atoms with Gasteiger partial charge in [0.1, 0.15) is 5.65 Å². The Morgan fingerprint density at radius 2 is 2.20 bits per heavy atom. The van der Waals surface area contributed by atoms with E-state index >= 15 is 0 Å². The van der Waals surface area contributed by atoms with Gasteiger partial charge in [-0.1, -0.05) is 11.6 Å².